The van der Waals surface area contributed by atoms with E-state index < -0.39 is 0 Å². The third-order valence-corrected chi connectivity index (χ3v) is 7.50. The zero-order valence-electron chi connectivity index (χ0n) is 20.7. The minimum absolute atomic E-state index is 0.0741. The lowest BCUT2D eigenvalue weighted by molar-refractivity contribution is 0.104. The highest BCUT2D eigenvalue weighted by Crippen LogP contribution is 2.22. The van der Waals surface area contributed by atoms with E-state index in [4.69, 9.17) is 0 Å². The van der Waals surface area contributed by atoms with Crippen LogP contribution in [0.1, 0.15) is 104 Å². The van der Waals surface area contributed by atoms with Gasteiger partial charge >= 0.3 is 0 Å². The molecule has 0 heterocycles. The normalized spacial score (nSPS) is 11.4. The molecule has 0 aliphatic heterocycles. The van der Waals surface area contributed by atoms with Gasteiger partial charge in [0, 0.05) is 10.5 Å². The van der Waals surface area contributed by atoms with Gasteiger partial charge in [0.1, 0.15) is 0 Å². The lowest BCUT2D eigenvalue weighted by Crippen LogP contribution is -2.01. The Morgan fingerprint density at radius 1 is 0.750 bits per heavy atom. The fourth-order valence-corrected chi connectivity index (χ4v) is 4.85. The van der Waals surface area contributed by atoms with E-state index in [1.807, 2.05) is 36.9 Å². The number of unbranched alkanes of at least 4 members (excludes halogenated alkanes) is 9. The molecule has 2 heteroatoms. The maximum atomic E-state index is 12.6. The summed E-state index contributed by atoms with van der Waals surface area (Å²) in [7, 11) is 0. The fraction of sp³-hybridized carbons (Fsp3) is 0.500. The molecule has 32 heavy (non-hydrogen) atoms. The van der Waals surface area contributed by atoms with Gasteiger partial charge in [-0.1, -0.05) is 95.1 Å². The average molecular weight is 451 g/mol. The van der Waals surface area contributed by atoms with Gasteiger partial charge in [-0.15, -0.1) is 11.8 Å². The summed E-state index contributed by atoms with van der Waals surface area (Å²) in [5.74, 6) is 1.26. The van der Waals surface area contributed by atoms with Gasteiger partial charge in [-0.05, 0) is 73.4 Å². The second-order valence-electron chi connectivity index (χ2n) is 8.98. The number of aryl methyl sites for hydroxylation is 1. The summed E-state index contributed by atoms with van der Waals surface area (Å²) in [6.07, 6.45) is 17.5. The monoisotopic (exact) mass is 450 g/mol. The van der Waals surface area contributed by atoms with Crippen molar-refractivity contribution in [3.8, 4) is 0 Å². The number of hydrogen-bond acceptors (Lipinski definition) is 2. The fourth-order valence-electron chi connectivity index (χ4n) is 3.94. The molecule has 0 radical (unpaired) electrons. The Morgan fingerprint density at radius 3 is 1.97 bits per heavy atom. The van der Waals surface area contributed by atoms with Crippen molar-refractivity contribution < 1.29 is 4.79 Å². The van der Waals surface area contributed by atoms with E-state index >= 15 is 0 Å². The number of ketones is 1. The second kappa shape index (κ2) is 15.1. The van der Waals surface area contributed by atoms with Crippen LogP contribution in [0.25, 0.3) is 6.08 Å². The van der Waals surface area contributed by atoms with E-state index in [0.717, 1.165) is 16.7 Å². The van der Waals surface area contributed by atoms with E-state index in [-0.39, 0.29) is 5.78 Å². The first-order chi connectivity index (χ1) is 15.5. The van der Waals surface area contributed by atoms with Crippen LogP contribution >= 0.6 is 11.8 Å². The van der Waals surface area contributed by atoms with E-state index in [0.29, 0.717) is 0 Å². The van der Waals surface area contributed by atoms with Crippen molar-refractivity contribution in [1.82, 2.24) is 0 Å². The predicted molar refractivity (Wildman–Crippen MR) is 143 cm³/mol. The molecule has 0 fully saturated rings. The summed E-state index contributed by atoms with van der Waals surface area (Å²) in [6.45, 7) is 8.48. The Kier molecular flexibility index (Phi) is 12.5. The minimum atomic E-state index is 0.0741. The summed E-state index contributed by atoms with van der Waals surface area (Å²) < 4.78 is 0. The third-order valence-electron chi connectivity index (χ3n) is 6.40. The average Bonchev–Trinajstić information content (AvgIpc) is 2.80. The smallest absolute Gasteiger partial charge is 0.186 e. The summed E-state index contributed by atoms with van der Waals surface area (Å²) in [6, 6.07) is 12.5. The number of thioether (sulfide) groups is 1. The van der Waals surface area contributed by atoms with Crippen molar-refractivity contribution in [2.24, 2.45) is 0 Å². The standard InChI is InChI=1S/C30H42OS/c1-5-6-7-8-9-10-11-12-13-14-23-32-28-19-16-27(17-20-28)18-22-30(31)29-21-15-24(2)25(3)26(29)4/h15-22H,5-14,23H2,1-4H3. The molecule has 0 spiro atoms. The first-order valence-electron chi connectivity index (χ1n) is 12.5. The van der Waals surface area contributed by atoms with Gasteiger partial charge in [0.25, 0.3) is 0 Å². The molecule has 0 aliphatic rings. The maximum absolute atomic E-state index is 12.6. The highest BCUT2D eigenvalue weighted by molar-refractivity contribution is 7.99. The molecule has 0 bridgehead atoms. The molecular formula is C30H42OS. The van der Waals surface area contributed by atoms with Crippen molar-refractivity contribution >= 4 is 23.6 Å². The molecule has 0 saturated carbocycles. The zero-order valence-corrected chi connectivity index (χ0v) is 21.5. The molecule has 174 valence electrons. The molecular weight excluding hydrogens is 408 g/mol. The summed E-state index contributed by atoms with van der Waals surface area (Å²) in [5, 5.41) is 0. The highest BCUT2D eigenvalue weighted by Gasteiger charge is 2.09. The van der Waals surface area contributed by atoms with E-state index in [9.17, 15) is 4.79 Å². The summed E-state index contributed by atoms with van der Waals surface area (Å²) in [5.41, 5.74) is 5.39. The van der Waals surface area contributed by atoms with Gasteiger partial charge in [-0.2, -0.15) is 0 Å². The molecule has 2 rings (SSSR count). The molecule has 1 nitrogen and oxygen atoms in total. The van der Waals surface area contributed by atoms with Crippen LogP contribution in [0.5, 0.6) is 0 Å². The van der Waals surface area contributed by atoms with Crippen LogP contribution in [0.2, 0.25) is 0 Å². The molecule has 0 aliphatic carbocycles. The molecule has 0 aromatic heterocycles. The minimum Gasteiger partial charge on any atom is -0.289 e. The van der Waals surface area contributed by atoms with Crippen LogP contribution in [0.3, 0.4) is 0 Å². The van der Waals surface area contributed by atoms with Crippen molar-refractivity contribution in [2.75, 3.05) is 5.75 Å². The Hall–Kier alpha value is -1.80. The number of rotatable bonds is 15. The second-order valence-corrected chi connectivity index (χ2v) is 10.1. The third kappa shape index (κ3) is 9.36. The molecule has 0 amide bonds. The van der Waals surface area contributed by atoms with Crippen LogP contribution in [0.15, 0.2) is 47.4 Å². The van der Waals surface area contributed by atoms with Crippen molar-refractivity contribution in [1.29, 1.82) is 0 Å². The Morgan fingerprint density at radius 2 is 1.34 bits per heavy atom. The highest BCUT2D eigenvalue weighted by atomic mass is 32.2. The van der Waals surface area contributed by atoms with Crippen molar-refractivity contribution in [3.63, 3.8) is 0 Å². The summed E-state index contributed by atoms with van der Waals surface area (Å²) >= 11 is 1.94. The van der Waals surface area contributed by atoms with Crippen molar-refractivity contribution in [3.05, 3.63) is 70.3 Å². The van der Waals surface area contributed by atoms with Crippen LogP contribution in [-0.2, 0) is 0 Å². The van der Waals surface area contributed by atoms with Gasteiger partial charge < -0.3 is 0 Å². The SMILES string of the molecule is CCCCCCCCCCCCSc1ccc(C=CC(=O)c2ccc(C)c(C)c2C)cc1. The number of carbonyl (C=O) groups excluding carboxylic acids is 1. The lowest BCUT2D eigenvalue weighted by atomic mass is 9.96. The molecule has 0 saturated heterocycles. The maximum Gasteiger partial charge on any atom is 0.186 e. The van der Waals surface area contributed by atoms with Gasteiger partial charge in [0.2, 0.25) is 0 Å². The summed E-state index contributed by atoms with van der Waals surface area (Å²) in [4.78, 5) is 13.9. The zero-order chi connectivity index (χ0) is 23.2. The number of benzene rings is 2. The van der Waals surface area contributed by atoms with Gasteiger partial charge in [0.05, 0.1) is 0 Å². The Labute approximate surface area is 201 Å². The van der Waals surface area contributed by atoms with Gasteiger partial charge in [-0.3, -0.25) is 4.79 Å². The van der Waals surface area contributed by atoms with Crippen LogP contribution < -0.4 is 0 Å². The molecule has 0 N–H and O–H groups in total. The predicted octanol–water partition coefficient (Wildman–Crippen LogP) is 9.52. The largest absolute Gasteiger partial charge is 0.289 e. The Bertz CT molecular complexity index is 848. The first kappa shape index (κ1) is 26.5. The van der Waals surface area contributed by atoms with Crippen LogP contribution in [0, 0.1) is 20.8 Å². The first-order valence-corrected chi connectivity index (χ1v) is 13.5. The van der Waals surface area contributed by atoms with Crippen LogP contribution in [-0.4, -0.2) is 11.5 Å². The molecule has 2 aromatic carbocycles. The number of carbonyl (C=O) groups is 1. The number of hydrogen-bond donors (Lipinski definition) is 0. The van der Waals surface area contributed by atoms with Crippen molar-refractivity contribution in [2.45, 2.75) is 96.8 Å². The van der Waals surface area contributed by atoms with Gasteiger partial charge in [0.15, 0.2) is 5.78 Å². The van der Waals surface area contributed by atoms with E-state index in [1.54, 1.807) is 6.08 Å². The van der Waals surface area contributed by atoms with E-state index in [1.165, 1.54) is 86.0 Å². The number of allylic oxidation sites excluding steroid dienone is 1. The molecule has 2 aromatic rings. The van der Waals surface area contributed by atoms with Crippen LogP contribution in [0.4, 0.5) is 0 Å². The lowest BCUT2D eigenvalue weighted by Gasteiger charge is -2.08. The Balaban J connectivity index is 1.66. The molecule has 0 unspecified atom stereocenters. The molecule has 0 atom stereocenters. The van der Waals surface area contributed by atoms with Gasteiger partial charge in [-0.25, -0.2) is 0 Å². The van der Waals surface area contributed by atoms with E-state index in [2.05, 4.69) is 45.0 Å². The topological polar surface area (TPSA) is 17.1 Å². The quantitative estimate of drug-likeness (QED) is 0.116.